The maximum Gasteiger partial charge on any atom is 0.230 e. The average Bonchev–Trinajstić information content (AvgIpc) is 3.77. The summed E-state index contributed by atoms with van der Waals surface area (Å²) >= 11 is 2.04. The molecule has 0 amide bonds. The third kappa shape index (κ3) is 7.90. The van der Waals surface area contributed by atoms with Crippen LogP contribution < -0.4 is 9.47 Å². The zero-order chi connectivity index (χ0) is 32.6. The number of allylic oxidation sites excluding steroid dienone is 1. The van der Waals surface area contributed by atoms with Crippen molar-refractivity contribution < 1.29 is 29.3 Å². The Hall–Kier alpha value is -2.04. The molecule has 0 unspecified atom stereocenters. The lowest BCUT2D eigenvalue weighted by Crippen LogP contribution is -2.64. The third-order valence-corrected chi connectivity index (χ3v) is 12.5. The second-order valence-corrected chi connectivity index (χ2v) is 15.4. The van der Waals surface area contributed by atoms with Gasteiger partial charge in [0.15, 0.2) is 0 Å². The minimum absolute atomic E-state index is 0.0371. The SMILES string of the molecule is C=CCO[C@@]12Oc3ccc(OCCN4CC4)cc3[C@H]3[C@H](CCCCO)[C@@H](CCCCO)C=C(C(=NOCC)C[C@@H]1SC1CCCC1)[C@H]32. The van der Waals surface area contributed by atoms with Gasteiger partial charge in [0.05, 0.1) is 23.5 Å². The molecule has 2 aliphatic heterocycles. The van der Waals surface area contributed by atoms with E-state index in [-0.39, 0.29) is 36.2 Å². The molecule has 3 aliphatic carbocycles. The first-order valence-electron chi connectivity index (χ1n) is 18.3. The highest BCUT2D eigenvalue weighted by molar-refractivity contribution is 8.00. The number of hydrogen-bond donors (Lipinski definition) is 2. The molecule has 0 radical (unpaired) electrons. The number of oxime groups is 1. The third-order valence-electron chi connectivity index (χ3n) is 10.8. The fraction of sp³-hybridized carbons (Fsp3) is 0.711. The van der Waals surface area contributed by atoms with Crippen LogP contribution >= 0.6 is 11.8 Å². The maximum absolute atomic E-state index is 9.80. The van der Waals surface area contributed by atoms with Crippen LogP contribution in [0.5, 0.6) is 11.5 Å². The van der Waals surface area contributed by atoms with Gasteiger partial charge < -0.3 is 29.3 Å². The van der Waals surface area contributed by atoms with Crippen LogP contribution in [0.4, 0.5) is 0 Å². The predicted octanol–water partition coefficient (Wildman–Crippen LogP) is 6.71. The molecule has 2 heterocycles. The van der Waals surface area contributed by atoms with Crippen LogP contribution in [0, 0.1) is 17.8 Å². The lowest BCUT2D eigenvalue weighted by Gasteiger charge is -2.58. The van der Waals surface area contributed by atoms with Gasteiger partial charge in [0.2, 0.25) is 5.79 Å². The van der Waals surface area contributed by atoms with Crippen molar-refractivity contribution in [2.24, 2.45) is 22.9 Å². The molecule has 5 aliphatic rings. The van der Waals surface area contributed by atoms with E-state index in [0.29, 0.717) is 31.0 Å². The minimum Gasteiger partial charge on any atom is -0.492 e. The molecule has 0 spiro atoms. The van der Waals surface area contributed by atoms with Crippen molar-refractivity contribution in [1.29, 1.82) is 0 Å². The summed E-state index contributed by atoms with van der Waals surface area (Å²) in [6.45, 7) is 11.3. The van der Waals surface area contributed by atoms with Crippen LogP contribution in [0.25, 0.3) is 0 Å². The Balaban J connectivity index is 1.48. The molecule has 1 saturated heterocycles. The molecule has 6 rings (SSSR count). The number of rotatable bonds is 19. The van der Waals surface area contributed by atoms with E-state index >= 15 is 0 Å². The van der Waals surface area contributed by atoms with Crippen LogP contribution in [0.2, 0.25) is 0 Å². The first kappa shape index (κ1) is 34.8. The van der Waals surface area contributed by atoms with Gasteiger partial charge in [0.25, 0.3) is 0 Å². The molecule has 0 bridgehead atoms. The highest BCUT2D eigenvalue weighted by Gasteiger charge is 2.64. The smallest absolute Gasteiger partial charge is 0.230 e. The summed E-state index contributed by atoms with van der Waals surface area (Å²) in [5.74, 6) is 1.50. The molecule has 260 valence electrons. The number of hydrogen-bond acceptors (Lipinski definition) is 9. The number of aliphatic hydroxyl groups excluding tert-OH is 2. The van der Waals surface area contributed by atoms with Crippen LogP contribution in [-0.4, -0.2) is 89.8 Å². The van der Waals surface area contributed by atoms with Gasteiger partial charge in [-0.3, -0.25) is 4.90 Å². The van der Waals surface area contributed by atoms with Gasteiger partial charge in [-0.1, -0.05) is 43.0 Å². The van der Waals surface area contributed by atoms with Gasteiger partial charge in [-0.15, -0.1) is 18.3 Å². The minimum atomic E-state index is -0.886. The van der Waals surface area contributed by atoms with Gasteiger partial charge in [-0.25, -0.2) is 0 Å². The van der Waals surface area contributed by atoms with E-state index in [1.54, 1.807) is 0 Å². The van der Waals surface area contributed by atoms with Crippen molar-refractivity contribution in [1.82, 2.24) is 4.90 Å². The molecular formula is C38H56N2O6S. The first-order chi connectivity index (χ1) is 23.1. The predicted molar refractivity (Wildman–Crippen MR) is 188 cm³/mol. The monoisotopic (exact) mass is 668 g/mol. The van der Waals surface area contributed by atoms with Gasteiger partial charge >= 0.3 is 0 Å². The van der Waals surface area contributed by atoms with Crippen molar-refractivity contribution in [3.63, 3.8) is 0 Å². The standard InChI is InChI=1S/C38H56N2O6S/c1-3-22-44-38-35(47-29-12-5-6-13-29)26-33(39-45-4-2)31-24-27(11-7-9-20-41)30(14-8-10-21-42)36(37(31)38)32-25-28(15-16-34(32)46-38)43-23-19-40-17-18-40/h3,15-16,24-25,27,29-30,35-37,41-42H,1,4-14,17-23,26H2,2H3/t27-,30+,35-,36+,37+,38+/m0/s1. The normalized spacial score (nSPS) is 30.7. The molecule has 47 heavy (non-hydrogen) atoms. The van der Waals surface area contributed by atoms with E-state index in [4.69, 9.17) is 24.2 Å². The van der Waals surface area contributed by atoms with Crippen molar-refractivity contribution in [2.45, 2.75) is 99.8 Å². The quantitative estimate of drug-likeness (QED) is 0.0728. The summed E-state index contributed by atoms with van der Waals surface area (Å²) in [5, 5.41) is 24.9. The number of ether oxygens (including phenoxy) is 3. The Morgan fingerprint density at radius 2 is 1.89 bits per heavy atom. The molecule has 2 N–H and O–H groups in total. The number of thioether (sulfide) groups is 1. The second-order valence-electron chi connectivity index (χ2n) is 13.9. The number of fused-ring (bicyclic) bond motifs is 2. The molecule has 8 nitrogen and oxygen atoms in total. The van der Waals surface area contributed by atoms with Crippen molar-refractivity contribution in [3.8, 4) is 11.5 Å². The number of nitrogens with zero attached hydrogens (tertiary/aromatic N) is 2. The maximum atomic E-state index is 9.80. The van der Waals surface area contributed by atoms with E-state index in [0.717, 1.165) is 81.8 Å². The van der Waals surface area contributed by atoms with E-state index < -0.39 is 5.79 Å². The molecule has 2 saturated carbocycles. The lowest BCUT2D eigenvalue weighted by atomic mass is 9.56. The van der Waals surface area contributed by atoms with E-state index in [2.05, 4.69) is 35.8 Å². The van der Waals surface area contributed by atoms with Crippen molar-refractivity contribution in [2.75, 3.05) is 52.7 Å². The fourth-order valence-corrected chi connectivity index (χ4v) is 10.3. The van der Waals surface area contributed by atoms with E-state index in [1.807, 2.05) is 24.8 Å². The molecule has 0 aromatic heterocycles. The Bertz CT molecular complexity index is 1250. The zero-order valence-electron chi connectivity index (χ0n) is 28.3. The summed E-state index contributed by atoms with van der Waals surface area (Å²) in [6, 6.07) is 6.41. The zero-order valence-corrected chi connectivity index (χ0v) is 29.1. The Labute approximate surface area is 285 Å². The van der Waals surface area contributed by atoms with Gasteiger partial charge in [0, 0.05) is 56.0 Å². The summed E-state index contributed by atoms with van der Waals surface area (Å²) in [7, 11) is 0. The van der Waals surface area contributed by atoms with Crippen molar-refractivity contribution in [3.05, 3.63) is 48.1 Å². The number of benzene rings is 1. The Morgan fingerprint density at radius 3 is 2.62 bits per heavy atom. The van der Waals surface area contributed by atoms with Gasteiger partial charge in [-0.2, -0.15) is 0 Å². The summed E-state index contributed by atoms with van der Waals surface area (Å²) in [6.07, 6.45) is 15.5. The fourth-order valence-electron chi connectivity index (χ4n) is 8.52. The van der Waals surface area contributed by atoms with E-state index in [9.17, 15) is 10.2 Å². The molecule has 6 atom stereocenters. The molecule has 1 aromatic carbocycles. The van der Waals surface area contributed by atoms with Gasteiger partial charge in [-0.05, 0) is 81.1 Å². The largest absolute Gasteiger partial charge is 0.492 e. The summed E-state index contributed by atoms with van der Waals surface area (Å²) in [4.78, 5) is 8.21. The van der Waals surface area contributed by atoms with E-state index in [1.165, 1.54) is 36.8 Å². The topological polar surface area (TPSA) is 92.8 Å². The second kappa shape index (κ2) is 16.6. The highest BCUT2D eigenvalue weighted by Crippen LogP contribution is 2.63. The molecule has 3 fully saturated rings. The number of unbranched alkanes of at least 4 members (excludes halogenated alkanes) is 2. The molecule has 9 heteroatoms. The first-order valence-corrected chi connectivity index (χ1v) is 19.3. The van der Waals surface area contributed by atoms with Crippen LogP contribution in [0.15, 0.2) is 47.7 Å². The van der Waals surface area contributed by atoms with Crippen LogP contribution in [0.3, 0.4) is 0 Å². The Kier molecular flexibility index (Phi) is 12.3. The van der Waals surface area contributed by atoms with Crippen LogP contribution in [-0.2, 0) is 9.57 Å². The molecular weight excluding hydrogens is 612 g/mol. The van der Waals surface area contributed by atoms with Crippen LogP contribution in [0.1, 0.15) is 89.0 Å². The Morgan fingerprint density at radius 1 is 1.11 bits per heavy atom. The lowest BCUT2D eigenvalue weighted by molar-refractivity contribution is -0.223. The summed E-state index contributed by atoms with van der Waals surface area (Å²) < 4.78 is 20.7. The number of aliphatic hydroxyl groups is 2. The highest BCUT2D eigenvalue weighted by atomic mass is 32.2. The van der Waals surface area contributed by atoms with Gasteiger partial charge in [0.1, 0.15) is 24.7 Å². The average molecular weight is 669 g/mol. The summed E-state index contributed by atoms with van der Waals surface area (Å²) in [5.41, 5.74) is 3.40. The van der Waals surface area contributed by atoms with Crippen molar-refractivity contribution >= 4 is 17.5 Å². The molecule has 1 aromatic rings.